The molecule has 1 N–H and O–H groups in total. The molecule has 15 heavy (non-hydrogen) atoms. The minimum atomic E-state index is 0.435. The highest BCUT2D eigenvalue weighted by Gasteiger charge is 1.96. The normalized spacial score (nSPS) is 10.9. The Morgan fingerprint density at radius 3 is 2.80 bits per heavy atom. The number of hydrogen-bond donors (Lipinski definition) is 1. The van der Waals surface area contributed by atoms with E-state index < -0.39 is 0 Å². The highest BCUT2D eigenvalue weighted by Crippen LogP contribution is 2.01. The minimum Gasteiger partial charge on any atom is -0.310 e. The molecule has 0 fully saturated rings. The molecule has 0 bridgehead atoms. The van der Waals surface area contributed by atoms with Gasteiger partial charge in [-0.05, 0) is 25.7 Å². The van der Waals surface area contributed by atoms with Crippen LogP contribution in [0.5, 0.6) is 0 Å². The molecule has 1 rings (SSSR count). The summed E-state index contributed by atoms with van der Waals surface area (Å²) in [6.45, 7) is 5.95. The summed E-state index contributed by atoms with van der Waals surface area (Å²) in [6, 6.07) is 3.63. The van der Waals surface area contributed by atoms with E-state index in [1.165, 1.54) is 0 Å². The van der Waals surface area contributed by atoms with Gasteiger partial charge in [0.15, 0.2) is 5.15 Å². The highest BCUT2D eigenvalue weighted by atomic mass is 35.5. The van der Waals surface area contributed by atoms with Gasteiger partial charge in [-0.3, -0.25) is 0 Å². The maximum atomic E-state index is 5.63. The van der Waals surface area contributed by atoms with Crippen LogP contribution < -0.4 is 5.32 Å². The zero-order chi connectivity index (χ0) is 11.1. The van der Waals surface area contributed by atoms with Gasteiger partial charge in [0.25, 0.3) is 0 Å². The molecule has 0 spiro atoms. The first-order chi connectivity index (χ1) is 7.22. The van der Waals surface area contributed by atoms with Gasteiger partial charge in [-0.1, -0.05) is 18.5 Å². The SMILES string of the molecule is CCN(C)CCNCc1ccc(Cl)nn1. The van der Waals surface area contributed by atoms with Crippen molar-refractivity contribution in [1.29, 1.82) is 0 Å². The Hall–Kier alpha value is -0.710. The van der Waals surface area contributed by atoms with E-state index in [9.17, 15) is 0 Å². The van der Waals surface area contributed by atoms with Gasteiger partial charge in [0.05, 0.1) is 5.69 Å². The molecule has 0 aliphatic heterocycles. The van der Waals surface area contributed by atoms with E-state index in [2.05, 4.69) is 34.4 Å². The third kappa shape index (κ3) is 5.06. The smallest absolute Gasteiger partial charge is 0.151 e. The molecule has 0 unspecified atom stereocenters. The fraction of sp³-hybridized carbons (Fsp3) is 0.600. The zero-order valence-electron chi connectivity index (χ0n) is 9.20. The van der Waals surface area contributed by atoms with Gasteiger partial charge < -0.3 is 10.2 Å². The molecule has 1 heterocycles. The molecule has 0 aliphatic carbocycles. The third-order valence-electron chi connectivity index (χ3n) is 2.20. The fourth-order valence-corrected chi connectivity index (χ4v) is 1.18. The van der Waals surface area contributed by atoms with Crippen LogP contribution in [0.3, 0.4) is 0 Å². The van der Waals surface area contributed by atoms with Crippen molar-refractivity contribution in [3.63, 3.8) is 0 Å². The molecule has 1 aromatic rings. The number of rotatable bonds is 6. The van der Waals surface area contributed by atoms with Gasteiger partial charge >= 0.3 is 0 Å². The van der Waals surface area contributed by atoms with Crippen LogP contribution in [0.25, 0.3) is 0 Å². The first-order valence-corrected chi connectivity index (χ1v) is 5.47. The minimum absolute atomic E-state index is 0.435. The Balaban J connectivity index is 2.17. The summed E-state index contributed by atoms with van der Waals surface area (Å²) >= 11 is 5.63. The van der Waals surface area contributed by atoms with Crippen LogP contribution in [0.2, 0.25) is 5.15 Å². The predicted molar refractivity (Wildman–Crippen MR) is 61.9 cm³/mol. The number of likely N-dealkylation sites (N-methyl/N-ethyl adjacent to an activating group) is 1. The van der Waals surface area contributed by atoms with Crippen LogP contribution in [0.15, 0.2) is 12.1 Å². The summed E-state index contributed by atoms with van der Waals surface area (Å²) < 4.78 is 0. The van der Waals surface area contributed by atoms with Crippen LogP contribution in [0.4, 0.5) is 0 Å². The molecule has 0 atom stereocenters. The second-order valence-corrected chi connectivity index (χ2v) is 3.81. The van der Waals surface area contributed by atoms with Gasteiger partial charge in [0.1, 0.15) is 0 Å². The fourth-order valence-electron chi connectivity index (χ4n) is 1.08. The van der Waals surface area contributed by atoms with Crippen LogP contribution in [0.1, 0.15) is 12.6 Å². The number of halogens is 1. The summed E-state index contributed by atoms with van der Waals surface area (Å²) in [6.07, 6.45) is 0. The van der Waals surface area contributed by atoms with Crippen molar-refractivity contribution in [2.45, 2.75) is 13.5 Å². The van der Waals surface area contributed by atoms with E-state index in [0.29, 0.717) is 5.15 Å². The lowest BCUT2D eigenvalue weighted by Gasteiger charge is -2.13. The number of aromatic nitrogens is 2. The lowest BCUT2D eigenvalue weighted by Crippen LogP contribution is -2.29. The summed E-state index contributed by atoms with van der Waals surface area (Å²) in [7, 11) is 2.10. The maximum absolute atomic E-state index is 5.63. The first-order valence-electron chi connectivity index (χ1n) is 5.09. The molecule has 5 heteroatoms. The van der Waals surface area contributed by atoms with E-state index >= 15 is 0 Å². The first kappa shape index (κ1) is 12.4. The Morgan fingerprint density at radius 1 is 1.40 bits per heavy atom. The molecule has 0 saturated carbocycles. The molecule has 0 saturated heterocycles. The zero-order valence-corrected chi connectivity index (χ0v) is 9.96. The van der Waals surface area contributed by atoms with E-state index in [1.54, 1.807) is 6.07 Å². The van der Waals surface area contributed by atoms with Crippen molar-refractivity contribution in [2.75, 3.05) is 26.7 Å². The quantitative estimate of drug-likeness (QED) is 0.743. The summed E-state index contributed by atoms with van der Waals surface area (Å²) in [5, 5.41) is 11.5. The summed E-state index contributed by atoms with van der Waals surface area (Å²) in [5.41, 5.74) is 0.915. The van der Waals surface area contributed by atoms with Gasteiger partial charge in [0, 0.05) is 19.6 Å². The monoisotopic (exact) mass is 228 g/mol. The molecule has 1 aromatic heterocycles. The molecule has 0 radical (unpaired) electrons. The van der Waals surface area contributed by atoms with Crippen LogP contribution >= 0.6 is 11.6 Å². The van der Waals surface area contributed by atoms with E-state index in [4.69, 9.17) is 11.6 Å². The van der Waals surface area contributed by atoms with Crippen LogP contribution in [0, 0.1) is 0 Å². The van der Waals surface area contributed by atoms with E-state index in [0.717, 1.165) is 31.9 Å². The van der Waals surface area contributed by atoms with Gasteiger partial charge in [0.2, 0.25) is 0 Å². The average molecular weight is 229 g/mol. The lowest BCUT2D eigenvalue weighted by molar-refractivity contribution is 0.348. The Kier molecular flexibility index (Phi) is 5.53. The van der Waals surface area contributed by atoms with Gasteiger partial charge in [-0.2, -0.15) is 5.10 Å². The molecular weight excluding hydrogens is 212 g/mol. The van der Waals surface area contributed by atoms with Crippen molar-refractivity contribution in [2.24, 2.45) is 0 Å². The van der Waals surface area contributed by atoms with Gasteiger partial charge in [-0.15, -0.1) is 5.10 Å². The predicted octanol–water partition coefficient (Wildman–Crippen LogP) is 1.17. The maximum Gasteiger partial charge on any atom is 0.151 e. The molecule has 4 nitrogen and oxygen atoms in total. The van der Waals surface area contributed by atoms with Crippen molar-refractivity contribution < 1.29 is 0 Å². The van der Waals surface area contributed by atoms with E-state index in [-0.39, 0.29) is 0 Å². The van der Waals surface area contributed by atoms with Gasteiger partial charge in [-0.25, -0.2) is 0 Å². The average Bonchev–Trinajstić information content (AvgIpc) is 2.26. The molecule has 0 aliphatic rings. The lowest BCUT2D eigenvalue weighted by atomic mass is 10.4. The topological polar surface area (TPSA) is 41.0 Å². The summed E-state index contributed by atoms with van der Waals surface area (Å²) in [4.78, 5) is 2.25. The van der Waals surface area contributed by atoms with Crippen molar-refractivity contribution in [1.82, 2.24) is 20.4 Å². The van der Waals surface area contributed by atoms with E-state index in [1.807, 2.05) is 6.07 Å². The molecular formula is C10H17ClN4. The van der Waals surface area contributed by atoms with Crippen molar-refractivity contribution >= 4 is 11.6 Å². The number of nitrogens with one attached hydrogen (secondary N) is 1. The van der Waals surface area contributed by atoms with Crippen LogP contribution in [-0.4, -0.2) is 41.8 Å². The second-order valence-electron chi connectivity index (χ2n) is 3.42. The number of nitrogens with zero attached hydrogens (tertiary/aromatic N) is 3. The highest BCUT2D eigenvalue weighted by molar-refractivity contribution is 6.29. The van der Waals surface area contributed by atoms with Crippen molar-refractivity contribution in [3.8, 4) is 0 Å². The Morgan fingerprint density at radius 2 is 2.20 bits per heavy atom. The Labute approximate surface area is 95.6 Å². The largest absolute Gasteiger partial charge is 0.310 e. The number of hydrogen-bond acceptors (Lipinski definition) is 4. The standard InChI is InChI=1S/C10H17ClN4/c1-3-15(2)7-6-12-8-9-4-5-10(11)14-13-9/h4-5,12H,3,6-8H2,1-2H3. The molecule has 0 amide bonds. The third-order valence-corrected chi connectivity index (χ3v) is 2.41. The van der Waals surface area contributed by atoms with Crippen molar-refractivity contribution in [3.05, 3.63) is 23.0 Å². The molecule has 84 valence electrons. The summed E-state index contributed by atoms with van der Waals surface area (Å²) in [5.74, 6) is 0. The second kappa shape index (κ2) is 6.71. The molecule has 0 aromatic carbocycles. The van der Waals surface area contributed by atoms with Crippen LogP contribution in [-0.2, 0) is 6.54 Å². The Bertz CT molecular complexity index is 275.